The molecule has 3 nitrogen and oxygen atoms in total. The number of rotatable bonds is 4. The van der Waals surface area contributed by atoms with E-state index in [-0.39, 0.29) is 5.91 Å². The molecule has 7 heteroatoms. The van der Waals surface area contributed by atoms with Crippen LogP contribution in [0.5, 0.6) is 5.75 Å². The van der Waals surface area contributed by atoms with Gasteiger partial charge in [0.25, 0.3) is 5.91 Å². The van der Waals surface area contributed by atoms with Gasteiger partial charge in [-0.2, -0.15) is 0 Å². The minimum Gasteiger partial charge on any atom is -0.493 e. The summed E-state index contributed by atoms with van der Waals surface area (Å²) in [4.78, 5) is 15.2. The third kappa shape index (κ3) is 3.94. The minimum absolute atomic E-state index is 0.172. The van der Waals surface area contributed by atoms with Gasteiger partial charge < -0.3 is 4.74 Å². The number of carbonyl (C=O) groups excluding carboxylic acids is 1. The highest BCUT2D eigenvalue weighted by molar-refractivity contribution is 9.10. The van der Waals surface area contributed by atoms with E-state index in [0.29, 0.717) is 26.5 Å². The molecule has 0 aliphatic carbocycles. The highest BCUT2D eigenvalue weighted by atomic mass is 79.9. The summed E-state index contributed by atoms with van der Waals surface area (Å²) in [6.45, 7) is 2.48. The molecule has 0 radical (unpaired) electrons. The summed E-state index contributed by atoms with van der Waals surface area (Å²) in [6, 6.07) is 17.3. The van der Waals surface area contributed by atoms with Gasteiger partial charge in [0.15, 0.2) is 4.32 Å². The predicted octanol–water partition coefficient (Wildman–Crippen LogP) is 7.06. The smallest absolute Gasteiger partial charge is 0.270 e. The molecule has 29 heavy (non-hydrogen) atoms. The van der Waals surface area contributed by atoms with Gasteiger partial charge in [0.1, 0.15) is 5.75 Å². The van der Waals surface area contributed by atoms with E-state index in [2.05, 4.69) is 15.9 Å². The lowest BCUT2D eigenvalue weighted by molar-refractivity contribution is -0.113. The van der Waals surface area contributed by atoms with Crippen molar-refractivity contribution in [3.05, 3.63) is 74.6 Å². The molecule has 1 fully saturated rings. The van der Waals surface area contributed by atoms with Crippen LogP contribution >= 0.6 is 51.5 Å². The fraction of sp³-hybridized carbons (Fsp3) is 0.0909. The van der Waals surface area contributed by atoms with Gasteiger partial charge in [-0.15, -0.1) is 0 Å². The summed E-state index contributed by atoms with van der Waals surface area (Å²) in [5, 5.41) is 2.63. The van der Waals surface area contributed by atoms with Gasteiger partial charge >= 0.3 is 0 Å². The molecular weight excluding hydrogens is 490 g/mol. The number of thiocarbonyl (C=S) groups is 1. The van der Waals surface area contributed by atoms with Crippen LogP contribution in [0.25, 0.3) is 16.8 Å². The normalized spacial score (nSPS) is 15.6. The molecule has 0 unspecified atom stereocenters. The average Bonchev–Trinajstić information content (AvgIpc) is 2.99. The van der Waals surface area contributed by atoms with Crippen molar-refractivity contribution in [2.24, 2.45) is 0 Å². The van der Waals surface area contributed by atoms with Crippen molar-refractivity contribution >= 4 is 84.3 Å². The lowest BCUT2D eigenvalue weighted by Gasteiger charge is -2.15. The number of hydrogen-bond donors (Lipinski definition) is 0. The molecule has 1 aliphatic rings. The third-order valence-electron chi connectivity index (χ3n) is 4.46. The third-order valence-corrected chi connectivity index (χ3v) is 7.00. The van der Waals surface area contributed by atoms with Crippen molar-refractivity contribution in [2.75, 3.05) is 11.5 Å². The number of halogens is 2. The molecule has 1 heterocycles. The Balaban J connectivity index is 1.79. The summed E-state index contributed by atoms with van der Waals surface area (Å²) in [5.74, 6) is 0.567. The van der Waals surface area contributed by atoms with E-state index in [9.17, 15) is 4.79 Å². The van der Waals surface area contributed by atoms with Crippen molar-refractivity contribution in [1.29, 1.82) is 0 Å². The van der Waals surface area contributed by atoms with Gasteiger partial charge in [-0.3, -0.25) is 9.69 Å². The zero-order valence-corrected chi connectivity index (χ0v) is 19.3. The first kappa shape index (κ1) is 20.4. The summed E-state index contributed by atoms with van der Waals surface area (Å²) in [6.07, 6.45) is 1.87. The number of nitrogens with zero attached hydrogens (tertiary/aromatic N) is 1. The zero-order chi connectivity index (χ0) is 20.5. The van der Waals surface area contributed by atoms with E-state index in [1.54, 1.807) is 12.1 Å². The number of amides is 1. The second kappa shape index (κ2) is 8.48. The van der Waals surface area contributed by atoms with Crippen molar-refractivity contribution in [1.82, 2.24) is 0 Å². The van der Waals surface area contributed by atoms with E-state index < -0.39 is 0 Å². The molecule has 0 bridgehead atoms. The molecule has 146 valence electrons. The van der Waals surface area contributed by atoms with Gasteiger partial charge in [-0.05, 0) is 64.0 Å². The maximum atomic E-state index is 13.2. The summed E-state index contributed by atoms with van der Waals surface area (Å²) in [5.41, 5.74) is 1.52. The van der Waals surface area contributed by atoms with Gasteiger partial charge in [-0.25, -0.2) is 0 Å². The number of hydrogen-bond acceptors (Lipinski definition) is 4. The van der Waals surface area contributed by atoms with Crippen LogP contribution in [-0.2, 0) is 4.79 Å². The number of carbonyl (C=O) groups is 1. The van der Waals surface area contributed by atoms with Crippen LogP contribution in [0.3, 0.4) is 0 Å². The summed E-state index contributed by atoms with van der Waals surface area (Å²) < 4.78 is 7.06. The van der Waals surface area contributed by atoms with Gasteiger partial charge in [0.2, 0.25) is 0 Å². The van der Waals surface area contributed by atoms with Crippen LogP contribution in [0.2, 0.25) is 5.02 Å². The van der Waals surface area contributed by atoms with Crippen molar-refractivity contribution in [3.63, 3.8) is 0 Å². The minimum atomic E-state index is -0.172. The van der Waals surface area contributed by atoms with Crippen LogP contribution in [0.4, 0.5) is 5.69 Å². The van der Waals surface area contributed by atoms with E-state index in [4.69, 9.17) is 28.6 Å². The van der Waals surface area contributed by atoms with Gasteiger partial charge in [-0.1, -0.05) is 65.9 Å². The number of ether oxygens (including phenoxy) is 1. The Morgan fingerprint density at radius 2 is 2.00 bits per heavy atom. The highest BCUT2D eigenvalue weighted by Crippen LogP contribution is 2.40. The van der Waals surface area contributed by atoms with Crippen molar-refractivity contribution < 1.29 is 9.53 Å². The lowest BCUT2D eigenvalue weighted by atomic mass is 10.0. The van der Waals surface area contributed by atoms with E-state index in [0.717, 1.165) is 26.6 Å². The molecule has 0 saturated carbocycles. The Labute approximate surface area is 191 Å². The van der Waals surface area contributed by atoms with Crippen molar-refractivity contribution in [2.45, 2.75) is 6.92 Å². The zero-order valence-electron chi connectivity index (χ0n) is 15.3. The van der Waals surface area contributed by atoms with Gasteiger partial charge in [0, 0.05) is 10.0 Å². The standard InChI is InChI=1S/C22H15BrClNO2S2/c1-2-27-19-10-7-13-5-3-4-6-15(13)16(19)12-20-21(26)25(22(28)29-20)14-8-9-17(23)18(24)11-14/h3-12H,2H2,1H3/b20-12+. The summed E-state index contributed by atoms with van der Waals surface area (Å²) in [7, 11) is 0. The Morgan fingerprint density at radius 3 is 2.76 bits per heavy atom. The molecule has 3 aromatic rings. The van der Waals surface area contributed by atoms with Gasteiger partial charge in [0.05, 0.1) is 22.2 Å². The van der Waals surface area contributed by atoms with Crippen LogP contribution in [-0.4, -0.2) is 16.8 Å². The molecular formula is C22H15BrClNO2S2. The molecule has 0 atom stereocenters. The number of benzene rings is 3. The summed E-state index contributed by atoms with van der Waals surface area (Å²) >= 11 is 16.3. The lowest BCUT2D eigenvalue weighted by Crippen LogP contribution is -2.27. The Hall–Kier alpha value is -1.86. The fourth-order valence-electron chi connectivity index (χ4n) is 3.15. The second-order valence-electron chi connectivity index (χ2n) is 6.25. The molecule has 0 aromatic heterocycles. The maximum absolute atomic E-state index is 13.2. The maximum Gasteiger partial charge on any atom is 0.270 e. The molecule has 0 N–H and O–H groups in total. The predicted molar refractivity (Wildman–Crippen MR) is 130 cm³/mol. The van der Waals surface area contributed by atoms with E-state index >= 15 is 0 Å². The quantitative estimate of drug-likeness (QED) is 0.281. The SMILES string of the molecule is CCOc1ccc2ccccc2c1/C=C1/SC(=S)N(c2ccc(Br)c(Cl)c2)C1=O. The Kier molecular flexibility index (Phi) is 5.97. The monoisotopic (exact) mass is 503 g/mol. The molecule has 3 aromatic carbocycles. The van der Waals surface area contributed by atoms with Crippen LogP contribution < -0.4 is 9.64 Å². The van der Waals surface area contributed by atoms with Crippen LogP contribution in [0, 0.1) is 0 Å². The highest BCUT2D eigenvalue weighted by Gasteiger charge is 2.34. The topological polar surface area (TPSA) is 29.5 Å². The van der Waals surface area contributed by atoms with E-state index in [1.807, 2.05) is 55.5 Å². The van der Waals surface area contributed by atoms with E-state index in [1.165, 1.54) is 16.7 Å². The molecule has 4 rings (SSSR count). The largest absolute Gasteiger partial charge is 0.493 e. The second-order valence-corrected chi connectivity index (χ2v) is 9.18. The Morgan fingerprint density at radius 1 is 1.21 bits per heavy atom. The van der Waals surface area contributed by atoms with Crippen molar-refractivity contribution in [3.8, 4) is 5.75 Å². The molecule has 1 aliphatic heterocycles. The number of thioether (sulfide) groups is 1. The Bertz CT molecular complexity index is 1180. The van der Waals surface area contributed by atoms with Crippen LogP contribution in [0.1, 0.15) is 12.5 Å². The molecule has 1 amide bonds. The average molecular weight is 505 g/mol. The first-order valence-corrected chi connectivity index (χ1v) is 11.3. The fourth-order valence-corrected chi connectivity index (χ4v) is 4.85. The first-order valence-electron chi connectivity index (χ1n) is 8.87. The first-order chi connectivity index (χ1) is 14.0. The molecule has 0 spiro atoms. The number of anilines is 1. The number of fused-ring (bicyclic) bond motifs is 1. The van der Waals surface area contributed by atoms with Crippen LogP contribution in [0.15, 0.2) is 64.0 Å². The molecule has 1 saturated heterocycles.